The Bertz CT molecular complexity index is 460. The fourth-order valence-electron chi connectivity index (χ4n) is 1.72. The number of carbonyl (C=O) groups excluding carboxylic acids is 1. The molecule has 104 valence electrons. The summed E-state index contributed by atoms with van der Waals surface area (Å²) >= 11 is 0. The third kappa shape index (κ3) is 4.24. The first-order valence-electron chi connectivity index (χ1n) is 6.34. The van der Waals surface area contributed by atoms with Crippen LogP contribution in [-0.4, -0.2) is 24.4 Å². The van der Waals surface area contributed by atoms with Crippen molar-refractivity contribution in [3.05, 3.63) is 33.9 Å². The van der Waals surface area contributed by atoms with Crippen molar-refractivity contribution >= 4 is 17.3 Å². The lowest BCUT2D eigenvalue weighted by molar-refractivity contribution is -0.384. The van der Waals surface area contributed by atoms with E-state index in [2.05, 4.69) is 17.6 Å². The van der Waals surface area contributed by atoms with E-state index in [0.29, 0.717) is 12.2 Å². The first kappa shape index (κ1) is 14.9. The molecule has 0 heterocycles. The van der Waals surface area contributed by atoms with Crippen LogP contribution in [0.1, 0.15) is 36.5 Å². The minimum Gasteiger partial charge on any atom is -0.379 e. The fourth-order valence-corrected chi connectivity index (χ4v) is 1.72. The highest BCUT2D eigenvalue weighted by Crippen LogP contribution is 2.25. The number of carbonyl (C=O) groups is 1. The largest absolute Gasteiger partial charge is 0.379 e. The number of nitrogens with one attached hydrogen (secondary N) is 2. The minimum atomic E-state index is -0.478. The molecule has 6 heteroatoms. The summed E-state index contributed by atoms with van der Waals surface area (Å²) in [4.78, 5) is 22.0. The van der Waals surface area contributed by atoms with Crippen LogP contribution in [0.4, 0.5) is 11.4 Å². The molecule has 19 heavy (non-hydrogen) atoms. The van der Waals surface area contributed by atoms with Crippen LogP contribution in [0.15, 0.2) is 18.2 Å². The van der Waals surface area contributed by atoms with Crippen LogP contribution >= 0.6 is 0 Å². The van der Waals surface area contributed by atoms with E-state index >= 15 is 0 Å². The van der Waals surface area contributed by atoms with Crippen molar-refractivity contribution in [2.75, 3.05) is 18.9 Å². The number of amides is 1. The Labute approximate surface area is 112 Å². The quantitative estimate of drug-likeness (QED) is 0.451. The van der Waals surface area contributed by atoms with Gasteiger partial charge in [-0.05, 0) is 18.6 Å². The zero-order chi connectivity index (χ0) is 14.3. The molecule has 0 atom stereocenters. The molecule has 1 rings (SSSR count). The topological polar surface area (TPSA) is 84.3 Å². The lowest BCUT2D eigenvalue weighted by Crippen LogP contribution is -2.18. The second kappa shape index (κ2) is 7.35. The highest BCUT2D eigenvalue weighted by atomic mass is 16.6. The standard InChI is InChI=1S/C13H19N3O3/c1-3-4-5-8-15-11-7-6-10(13(17)14-2)9-12(11)16(18)19/h6-7,9,15H,3-5,8H2,1-2H3,(H,14,17). The minimum absolute atomic E-state index is 0.0717. The van der Waals surface area contributed by atoms with Gasteiger partial charge in [-0.25, -0.2) is 0 Å². The summed E-state index contributed by atoms with van der Waals surface area (Å²) in [6.45, 7) is 2.79. The molecule has 0 aliphatic heterocycles. The first-order valence-corrected chi connectivity index (χ1v) is 6.34. The molecule has 1 aromatic rings. The summed E-state index contributed by atoms with van der Waals surface area (Å²) in [6.07, 6.45) is 3.14. The third-order valence-electron chi connectivity index (χ3n) is 2.78. The van der Waals surface area contributed by atoms with Crippen molar-refractivity contribution in [1.29, 1.82) is 0 Å². The lowest BCUT2D eigenvalue weighted by atomic mass is 10.1. The van der Waals surface area contributed by atoms with Crippen LogP contribution in [0.5, 0.6) is 0 Å². The number of nitro benzene ring substituents is 1. The van der Waals surface area contributed by atoms with Crippen LogP contribution < -0.4 is 10.6 Å². The van der Waals surface area contributed by atoms with E-state index in [0.717, 1.165) is 19.3 Å². The number of anilines is 1. The Morgan fingerprint density at radius 1 is 1.37 bits per heavy atom. The average molecular weight is 265 g/mol. The van der Waals surface area contributed by atoms with Crippen LogP contribution in [0, 0.1) is 10.1 Å². The molecule has 0 spiro atoms. The summed E-state index contributed by atoms with van der Waals surface area (Å²) in [5.41, 5.74) is 0.666. The van der Waals surface area contributed by atoms with Gasteiger partial charge in [0.1, 0.15) is 5.69 Å². The van der Waals surface area contributed by atoms with Crippen molar-refractivity contribution in [2.24, 2.45) is 0 Å². The summed E-state index contributed by atoms with van der Waals surface area (Å²) in [6, 6.07) is 4.45. The first-order chi connectivity index (χ1) is 9.10. The van der Waals surface area contributed by atoms with E-state index in [1.54, 1.807) is 12.1 Å². The zero-order valence-electron chi connectivity index (χ0n) is 11.2. The van der Waals surface area contributed by atoms with Gasteiger partial charge in [0.2, 0.25) is 0 Å². The molecule has 0 aromatic heterocycles. The van der Waals surface area contributed by atoms with E-state index in [1.165, 1.54) is 13.1 Å². The molecular formula is C13H19N3O3. The third-order valence-corrected chi connectivity index (χ3v) is 2.78. The van der Waals surface area contributed by atoms with Crippen LogP contribution in [0.3, 0.4) is 0 Å². The monoisotopic (exact) mass is 265 g/mol. The van der Waals surface area contributed by atoms with Gasteiger partial charge in [0, 0.05) is 25.2 Å². The second-order valence-electron chi connectivity index (χ2n) is 4.20. The Morgan fingerprint density at radius 3 is 2.68 bits per heavy atom. The molecule has 1 aromatic carbocycles. The van der Waals surface area contributed by atoms with Crippen molar-refractivity contribution in [1.82, 2.24) is 5.32 Å². The highest BCUT2D eigenvalue weighted by Gasteiger charge is 2.16. The van der Waals surface area contributed by atoms with E-state index in [-0.39, 0.29) is 17.2 Å². The van der Waals surface area contributed by atoms with Gasteiger partial charge in [-0.15, -0.1) is 0 Å². The lowest BCUT2D eigenvalue weighted by Gasteiger charge is -2.08. The highest BCUT2D eigenvalue weighted by molar-refractivity contribution is 5.95. The Morgan fingerprint density at radius 2 is 2.11 bits per heavy atom. The fraction of sp³-hybridized carbons (Fsp3) is 0.462. The number of benzene rings is 1. The van der Waals surface area contributed by atoms with E-state index in [1.807, 2.05) is 0 Å². The molecule has 0 aliphatic carbocycles. The van der Waals surface area contributed by atoms with Crippen molar-refractivity contribution in [2.45, 2.75) is 26.2 Å². The normalized spacial score (nSPS) is 10.0. The maximum Gasteiger partial charge on any atom is 0.293 e. The molecule has 0 radical (unpaired) electrons. The van der Waals surface area contributed by atoms with Gasteiger partial charge in [0.15, 0.2) is 0 Å². The molecule has 0 aliphatic rings. The van der Waals surface area contributed by atoms with Gasteiger partial charge in [-0.3, -0.25) is 14.9 Å². The predicted molar refractivity (Wildman–Crippen MR) is 74.5 cm³/mol. The molecule has 0 bridgehead atoms. The number of rotatable bonds is 7. The molecule has 0 fully saturated rings. The number of unbranched alkanes of at least 4 members (excludes halogenated alkanes) is 2. The molecule has 1 amide bonds. The van der Waals surface area contributed by atoms with Crippen LogP contribution in [0.2, 0.25) is 0 Å². The molecule has 2 N–H and O–H groups in total. The van der Waals surface area contributed by atoms with Crippen LogP contribution in [0.25, 0.3) is 0 Å². The van der Waals surface area contributed by atoms with Crippen LogP contribution in [-0.2, 0) is 0 Å². The van der Waals surface area contributed by atoms with E-state index < -0.39 is 4.92 Å². The van der Waals surface area contributed by atoms with Crippen molar-refractivity contribution in [3.63, 3.8) is 0 Å². The summed E-state index contributed by atoms with van der Waals surface area (Å²) in [5, 5.41) is 16.5. The van der Waals surface area contributed by atoms with E-state index in [9.17, 15) is 14.9 Å². The van der Waals surface area contributed by atoms with Crippen molar-refractivity contribution in [3.8, 4) is 0 Å². The van der Waals surface area contributed by atoms with E-state index in [4.69, 9.17) is 0 Å². The zero-order valence-corrected chi connectivity index (χ0v) is 11.2. The van der Waals surface area contributed by atoms with Gasteiger partial charge < -0.3 is 10.6 Å². The smallest absolute Gasteiger partial charge is 0.293 e. The summed E-state index contributed by atoms with van der Waals surface area (Å²) < 4.78 is 0. The Hall–Kier alpha value is -2.11. The van der Waals surface area contributed by atoms with Crippen molar-refractivity contribution < 1.29 is 9.72 Å². The van der Waals surface area contributed by atoms with Gasteiger partial charge >= 0.3 is 0 Å². The Kier molecular flexibility index (Phi) is 5.78. The molecule has 0 unspecified atom stereocenters. The molecular weight excluding hydrogens is 246 g/mol. The molecule has 0 saturated heterocycles. The van der Waals surface area contributed by atoms with Gasteiger partial charge in [-0.1, -0.05) is 19.8 Å². The number of hydrogen-bond acceptors (Lipinski definition) is 4. The maximum atomic E-state index is 11.4. The average Bonchev–Trinajstić information content (AvgIpc) is 2.42. The number of hydrogen-bond donors (Lipinski definition) is 2. The molecule has 0 saturated carbocycles. The predicted octanol–water partition coefficient (Wildman–Crippen LogP) is 2.56. The van der Waals surface area contributed by atoms with Gasteiger partial charge in [0.05, 0.1) is 4.92 Å². The number of nitro groups is 1. The van der Waals surface area contributed by atoms with Gasteiger partial charge in [-0.2, -0.15) is 0 Å². The SMILES string of the molecule is CCCCCNc1ccc(C(=O)NC)cc1[N+](=O)[O-]. The van der Waals surface area contributed by atoms with Gasteiger partial charge in [0.25, 0.3) is 11.6 Å². The Balaban J connectivity index is 2.86. The maximum absolute atomic E-state index is 11.4. The number of nitrogens with zero attached hydrogens (tertiary/aromatic N) is 1. The summed E-state index contributed by atoms with van der Waals surface area (Å²) in [5.74, 6) is -0.333. The second-order valence-corrected chi connectivity index (χ2v) is 4.20. The molecule has 6 nitrogen and oxygen atoms in total. The summed E-state index contributed by atoms with van der Waals surface area (Å²) in [7, 11) is 1.49.